The van der Waals surface area contributed by atoms with Gasteiger partial charge in [0.05, 0.1) is 4.83 Å². The van der Waals surface area contributed by atoms with Crippen LogP contribution in [-0.2, 0) is 0 Å². The molecule has 11 heavy (non-hydrogen) atoms. The summed E-state index contributed by atoms with van der Waals surface area (Å²) in [6.07, 6.45) is 2.11. The first-order chi connectivity index (χ1) is 5.16. The molecule has 0 aromatic heterocycles. The summed E-state index contributed by atoms with van der Waals surface area (Å²) in [6, 6.07) is 0. The summed E-state index contributed by atoms with van der Waals surface area (Å²) in [4.78, 5) is 0.358. The number of hydrogen-bond acceptors (Lipinski definition) is 0. The Morgan fingerprint density at radius 2 is 2.18 bits per heavy atom. The molecule has 0 aromatic carbocycles. The lowest BCUT2D eigenvalue weighted by molar-refractivity contribution is 0.854. The van der Waals surface area contributed by atoms with E-state index in [1.165, 1.54) is 0 Å². The Labute approximate surface area is 84.4 Å². The van der Waals surface area contributed by atoms with Crippen LogP contribution in [0.25, 0.3) is 0 Å². The van der Waals surface area contributed by atoms with E-state index < -0.39 is 8.80 Å². The Morgan fingerprint density at radius 3 is 2.64 bits per heavy atom. The molecule has 0 rings (SSSR count). The van der Waals surface area contributed by atoms with Gasteiger partial charge in [-0.25, -0.2) is 0 Å². The van der Waals surface area contributed by atoms with E-state index in [1.807, 2.05) is 0 Å². The molecule has 0 spiro atoms. The van der Waals surface area contributed by atoms with Crippen LogP contribution >= 0.6 is 27.5 Å². The first-order valence-electron chi connectivity index (χ1n) is 3.88. The van der Waals surface area contributed by atoms with Gasteiger partial charge < -0.3 is 0 Å². The lowest BCUT2D eigenvalue weighted by Gasteiger charge is -1.98. The highest BCUT2D eigenvalue weighted by molar-refractivity contribution is 9.09. The fourth-order valence-electron chi connectivity index (χ4n) is 0.586. The maximum Gasteiger partial charge on any atom is 0.116 e. The summed E-state index contributed by atoms with van der Waals surface area (Å²) >= 11 is 9.05. The largest absolute Gasteiger partial charge is 0.135 e. The average molecular weight is 254 g/mol. The van der Waals surface area contributed by atoms with Gasteiger partial charge in [0.2, 0.25) is 0 Å². The third kappa shape index (κ3) is 8.45. The highest BCUT2D eigenvalue weighted by Crippen LogP contribution is 2.07. The van der Waals surface area contributed by atoms with Gasteiger partial charge in [-0.1, -0.05) is 34.9 Å². The van der Waals surface area contributed by atoms with E-state index >= 15 is 0 Å². The molecule has 0 saturated carbocycles. The quantitative estimate of drug-likeness (QED) is 0.412. The van der Waals surface area contributed by atoms with Crippen LogP contribution in [0, 0.1) is 11.5 Å². The second-order valence-electron chi connectivity index (χ2n) is 2.74. The number of rotatable bonds is 3. The molecule has 0 aliphatic carbocycles. The Kier molecular flexibility index (Phi) is 7.57. The van der Waals surface area contributed by atoms with Gasteiger partial charge in [0.1, 0.15) is 8.80 Å². The van der Waals surface area contributed by atoms with Crippen LogP contribution in [0.5, 0.6) is 0 Å². The fraction of sp³-hybridized carbons (Fsp3) is 0.750. The molecule has 0 nitrogen and oxygen atoms in total. The topological polar surface area (TPSA) is 0 Å². The molecule has 0 aromatic rings. The molecule has 1 unspecified atom stereocenters. The summed E-state index contributed by atoms with van der Waals surface area (Å²) in [6.45, 7) is 4.46. The highest BCUT2D eigenvalue weighted by atomic mass is 79.9. The third-order valence-electron chi connectivity index (χ3n) is 1.12. The molecule has 0 N–H and O–H groups in total. The van der Waals surface area contributed by atoms with Crippen molar-refractivity contribution >= 4 is 36.3 Å². The molecule has 0 bridgehead atoms. The molecular weight excluding hydrogens is 240 g/mol. The number of alkyl halides is 2. The summed E-state index contributed by atoms with van der Waals surface area (Å²) in [5.74, 6) is 3.93. The van der Waals surface area contributed by atoms with Crippen molar-refractivity contribution in [3.05, 3.63) is 0 Å². The van der Waals surface area contributed by atoms with E-state index in [2.05, 4.69) is 40.5 Å². The number of halogens is 2. The van der Waals surface area contributed by atoms with Crippen LogP contribution in [0.3, 0.4) is 0 Å². The minimum Gasteiger partial charge on any atom is -0.135 e. The molecule has 0 aliphatic heterocycles. The van der Waals surface area contributed by atoms with Crippen LogP contribution in [0.4, 0.5) is 0 Å². The minimum atomic E-state index is -0.685. The number of hydrogen-bond donors (Lipinski definition) is 0. The first kappa shape index (κ1) is 11.5. The predicted octanol–water partition coefficient (Wildman–Crippen LogP) is 2.80. The summed E-state index contributed by atoms with van der Waals surface area (Å²) in [7, 11) is -0.685. The van der Waals surface area contributed by atoms with Crippen LogP contribution in [-0.4, -0.2) is 19.5 Å². The zero-order valence-electron chi connectivity index (χ0n) is 7.03. The van der Waals surface area contributed by atoms with Crippen molar-refractivity contribution in [1.29, 1.82) is 0 Å². The van der Waals surface area contributed by atoms with Crippen molar-refractivity contribution < 1.29 is 0 Å². The molecule has 0 aliphatic rings. The van der Waals surface area contributed by atoms with Crippen LogP contribution in [0.15, 0.2) is 0 Å². The minimum absolute atomic E-state index is 0.358. The average Bonchev–Trinajstić information content (AvgIpc) is 1.97. The molecule has 0 saturated heterocycles. The molecule has 3 heteroatoms. The van der Waals surface area contributed by atoms with E-state index in [9.17, 15) is 0 Å². The van der Waals surface area contributed by atoms with E-state index in [0.29, 0.717) is 4.83 Å². The van der Waals surface area contributed by atoms with E-state index in [1.54, 1.807) is 0 Å². The Hall–Kier alpha value is 0.547. The maximum atomic E-state index is 5.55. The maximum absolute atomic E-state index is 5.55. The summed E-state index contributed by atoms with van der Waals surface area (Å²) in [5.41, 5.74) is 3.25. The molecule has 0 fully saturated rings. The zero-order valence-corrected chi connectivity index (χ0v) is 10.5. The highest BCUT2D eigenvalue weighted by Gasteiger charge is 1.97. The molecular formula is C8H14BrClSi. The Morgan fingerprint density at radius 1 is 1.55 bits per heavy atom. The predicted molar refractivity (Wildman–Crippen MR) is 59.3 cm³/mol. The zero-order chi connectivity index (χ0) is 8.69. The van der Waals surface area contributed by atoms with Crippen LogP contribution in [0.1, 0.15) is 12.8 Å². The fourth-order valence-corrected chi connectivity index (χ4v) is 1.97. The lowest BCUT2D eigenvalue weighted by Crippen LogP contribution is -1.98. The molecule has 0 amide bonds. The monoisotopic (exact) mass is 252 g/mol. The first-order valence-corrected chi connectivity index (χ1v) is 8.21. The second kappa shape index (κ2) is 7.21. The van der Waals surface area contributed by atoms with Crippen LogP contribution in [0.2, 0.25) is 13.1 Å². The van der Waals surface area contributed by atoms with Gasteiger partial charge in [0.15, 0.2) is 0 Å². The van der Waals surface area contributed by atoms with Crippen molar-refractivity contribution in [2.45, 2.75) is 30.8 Å². The smallest absolute Gasteiger partial charge is 0.116 e. The molecule has 0 heterocycles. The van der Waals surface area contributed by atoms with Crippen molar-refractivity contribution in [3.63, 3.8) is 0 Å². The van der Waals surface area contributed by atoms with Crippen LogP contribution < -0.4 is 0 Å². The lowest BCUT2D eigenvalue weighted by atomic mass is 10.3. The SMILES string of the molecule is C[SiH](C)C#CC(Br)CCCCl. The van der Waals surface area contributed by atoms with Crippen molar-refractivity contribution in [3.8, 4) is 11.5 Å². The van der Waals surface area contributed by atoms with E-state index in [0.717, 1.165) is 18.7 Å². The van der Waals surface area contributed by atoms with E-state index in [4.69, 9.17) is 11.6 Å². The van der Waals surface area contributed by atoms with Gasteiger partial charge in [-0.15, -0.1) is 17.1 Å². The Bertz CT molecular complexity index is 148. The van der Waals surface area contributed by atoms with Gasteiger partial charge >= 0.3 is 0 Å². The Balaban J connectivity index is 3.53. The van der Waals surface area contributed by atoms with Gasteiger partial charge in [-0.2, -0.15) is 0 Å². The van der Waals surface area contributed by atoms with Gasteiger partial charge in [-0.05, 0) is 12.8 Å². The second-order valence-corrected chi connectivity index (χ2v) is 6.82. The standard InChI is InChI=1S/C8H14BrClSi/c1-11(2)7-5-8(9)4-3-6-10/h8,11H,3-4,6H2,1-2H3. The van der Waals surface area contributed by atoms with Gasteiger partial charge in [0.25, 0.3) is 0 Å². The third-order valence-corrected chi connectivity index (χ3v) is 2.82. The van der Waals surface area contributed by atoms with Crippen molar-refractivity contribution in [2.75, 3.05) is 5.88 Å². The molecule has 0 radical (unpaired) electrons. The molecule has 64 valence electrons. The normalized spacial score (nSPS) is 12.5. The van der Waals surface area contributed by atoms with Crippen molar-refractivity contribution in [2.24, 2.45) is 0 Å². The molecule has 1 atom stereocenters. The van der Waals surface area contributed by atoms with Gasteiger partial charge in [-0.3, -0.25) is 0 Å². The van der Waals surface area contributed by atoms with Crippen molar-refractivity contribution in [1.82, 2.24) is 0 Å². The van der Waals surface area contributed by atoms with Gasteiger partial charge in [0, 0.05) is 5.88 Å². The van der Waals surface area contributed by atoms with E-state index in [-0.39, 0.29) is 0 Å². The summed E-state index contributed by atoms with van der Waals surface area (Å²) in [5, 5.41) is 0. The summed E-state index contributed by atoms with van der Waals surface area (Å²) < 4.78 is 0.